The molecule has 0 fully saturated rings. The first-order valence-corrected chi connectivity index (χ1v) is 8.45. The summed E-state index contributed by atoms with van der Waals surface area (Å²) in [4.78, 5) is 22.7. The Morgan fingerprint density at radius 1 is 1.50 bits per heavy atom. The maximum absolute atomic E-state index is 12.9. The zero-order valence-corrected chi connectivity index (χ0v) is 14.4. The van der Waals surface area contributed by atoms with E-state index in [2.05, 4.69) is 15.1 Å². The van der Waals surface area contributed by atoms with Crippen molar-refractivity contribution in [2.75, 3.05) is 13.2 Å². The minimum atomic E-state index is -0.172. The summed E-state index contributed by atoms with van der Waals surface area (Å²) in [6.07, 6.45) is 1.70. The van der Waals surface area contributed by atoms with Crippen molar-refractivity contribution in [2.45, 2.75) is 13.5 Å². The van der Waals surface area contributed by atoms with E-state index < -0.39 is 0 Å². The van der Waals surface area contributed by atoms with E-state index in [-0.39, 0.29) is 19.1 Å². The number of thiophene rings is 1. The summed E-state index contributed by atoms with van der Waals surface area (Å²) in [5.41, 5.74) is 2.09. The lowest BCUT2D eigenvalue weighted by atomic mass is 10.2. The lowest BCUT2D eigenvalue weighted by Gasteiger charge is -2.20. The lowest BCUT2D eigenvalue weighted by molar-refractivity contribution is 0.0694. The molecule has 0 aliphatic rings. The summed E-state index contributed by atoms with van der Waals surface area (Å²) < 4.78 is 1.58. The number of aromatic nitrogens is 4. The molecule has 0 saturated heterocycles. The number of carbonyl (C=O) groups excluding carboxylic acids is 1. The van der Waals surface area contributed by atoms with Gasteiger partial charge < -0.3 is 15.0 Å². The molecule has 3 heterocycles. The molecule has 3 rings (SSSR count). The number of aryl methyl sites for hydroxylation is 2. The number of aromatic amines is 1. The number of amides is 1. The third kappa shape index (κ3) is 3.39. The number of rotatable bonds is 6. The van der Waals surface area contributed by atoms with Crippen LogP contribution in [0.15, 0.2) is 29.8 Å². The predicted molar refractivity (Wildman–Crippen MR) is 91.7 cm³/mol. The van der Waals surface area contributed by atoms with Gasteiger partial charge in [-0.15, -0.1) is 11.3 Å². The molecular formula is C16H19N5O2S. The van der Waals surface area contributed by atoms with Crippen molar-refractivity contribution in [1.82, 2.24) is 24.6 Å². The highest BCUT2D eigenvalue weighted by molar-refractivity contribution is 7.13. The van der Waals surface area contributed by atoms with Crippen molar-refractivity contribution >= 4 is 17.2 Å². The first-order valence-electron chi connectivity index (χ1n) is 7.57. The van der Waals surface area contributed by atoms with E-state index in [1.807, 2.05) is 24.4 Å². The minimum absolute atomic E-state index is 0.103. The molecule has 0 aromatic carbocycles. The normalized spacial score (nSPS) is 11.0. The molecule has 0 saturated carbocycles. The summed E-state index contributed by atoms with van der Waals surface area (Å²) >= 11 is 1.58. The van der Waals surface area contributed by atoms with Crippen molar-refractivity contribution in [3.8, 4) is 10.6 Å². The number of nitrogens with one attached hydrogen (secondary N) is 1. The average molecular weight is 345 g/mol. The number of aliphatic hydroxyl groups excluding tert-OH is 1. The monoisotopic (exact) mass is 345 g/mol. The van der Waals surface area contributed by atoms with Crippen LogP contribution in [0.25, 0.3) is 10.6 Å². The Labute approximate surface area is 143 Å². The van der Waals surface area contributed by atoms with Gasteiger partial charge in [-0.05, 0) is 24.4 Å². The molecule has 24 heavy (non-hydrogen) atoms. The van der Waals surface area contributed by atoms with Gasteiger partial charge in [0.2, 0.25) is 0 Å². The maximum atomic E-state index is 12.9. The number of carbonyl (C=O) groups is 1. The number of H-pyrrole nitrogens is 1. The van der Waals surface area contributed by atoms with Gasteiger partial charge in [0.25, 0.3) is 5.91 Å². The molecule has 0 spiro atoms. The Balaban J connectivity index is 1.84. The van der Waals surface area contributed by atoms with Crippen molar-refractivity contribution in [3.63, 3.8) is 0 Å². The predicted octanol–water partition coefficient (Wildman–Crippen LogP) is 1.81. The van der Waals surface area contributed by atoms with Gasteiger partial charge in [0, 0.05) is 13.6 Å². The second-order valence-electron chi connectivity index (χ2n) is 5.46. The van der Waals surface area contributed by atoms with E-state index in [4.69, 9.17) is 0 Å². The first-order chi connectivity index (χ1) is 11.6. The van der Waals surface area contributed by atoms with Crippen LogP contribution in [0, 0.1) is 6.92 Å². The largest absolute Gasteiger partial charge is 0.395 e. The van der Waals surface area contributed by atoms with Crippen LogP contribution in [0.5, 0.6) is 0 Å². The number of hydrogen-bond donors (Lipinski definition) is 2. The van der Waals surface area contributed by atoms with Crippen LogP contribution in [-0.4, -0.2) is 48.8 Å². The van der Waals surface area contributed by atoms with Crippen LogP contribution in [0.4, 0.5) is 0 Å². The number of aliphatic hydroxyl groups is 1. The Hall–Kier alpha value is -2.45. The molecule has 0 unspecified atom stereocenters. The quantitative estimate of drug-likeness (QED) is 0.713. The zero-order chi connectivity index (χ0) is 17.1. The molecule has 1 amide bonds. The van der Waals surface area contributed by atoms with Gasteiger partial charge in [-0.2, -0.15) is 5.10 Å². The molecule has 3 aromatic heterocycles. The topological polar surface area (TPSA) is 87.0 Å². The van der Waals surface area contributed by atoms with Crippen LogP contribution in [0.1, 0.15) is 22.0 Å². The fourth-order valence-electron chi connectivity index (χ4n) is 2.50. The fourth-order valence-corrected chi connectivity index (χ4v) is 3.19. The molecule has 126 valence electrons. The van der Waals surface area contributed by atoms with E-state index in [0.29, 0.717) is 12.2 Å². The van der Waals surface area contributed by atoms with Gasteiger partial charge in [-0.25, -0.2) is 4.98 Å². The maximum Gasteiger partial charge on any atom is 0.272 e. The van der Waals surface area contributed by atoms with E-state index in [1.165, 1.54) is 0 Å². The highest BCUT2D eigenvalue weighted by Crippen LogP contribution is 2.24. The van der Waals surface area contributed by atoms with E-state index in [1.54, 1.807) is 40.2 Å². The molecule has 0 aliphatic heterocycles. The molecule has 7 nitrogen and oxygen atoms in total. The van der Waals surface area contributed by atoms with E-state index >= 15 is 0 Å². The summed E-state index contributed by atoms with van der Waals surface area (Å²) in [7, 11) is 1.75. The summed E-state index contributed by atoms with van der Waals surface area (Å²) in [5, 5.41) is 15.7. The first kappa shape index (κ1) is 16.4. The van der Waals surface area contributed by atoms with Gasteiger partial charge in [0.05, 0.1) is 29.9 Å². The highest BCUT2D eigenvalue weighted by Gasteiger charge is 2.21. The summed E-state index contributed by atoms with van der Waals surface area (Å²) in [5.74, 6) is 0.621. The van der Waals surface area contributed by atoms with Crippen molar-refractivity contribution in [1.29, 1.82) is 0 Å². The molecule has 0 aliphatic carbocycles. The van der Waals surface area contributed by atoms with Gasteiger partial charge in [0.15, 0.2) is 0 Å². The Bertz CT molecular complexity index is 822. The number of hydrogen-bond acceptors (Lipinski definition) is 5. The van der Waals surface area contributed by atoms with Gasteiger partial charge in [-0.1, -0.05) is 6.07 Å². The van der Waals surface area contributed by atoms with E-state index in [9.17, 15) is 9.90 Å². The smallest absolute Gasteiger partial charge is 0.272 e. The number of nitrogens with zero attached hydrogens (tertiary/aromatic N) is 4. The van der Waals surface area contributed by atoms with Crippen molar-refractivity contribution in [3.05, 3.63) is 47.0 Å². The third-order valence-electron chi connectivity index (χ3n) is 3.65. The van der Waals surface area contributed by atoms with Crippen LogP contribution >= 0.6 is 11.3 Å². The van der Waals surface area contributed by atoms with Crippen LogP contribution < -0.4 is 0 Å². The molecule has 0 radical (unpaired) electrons. The van der Waals surface area contributed by atoms with Gasteiger partial charge in [-0.3, -0.25) is 9.48 Å². The lowest BCUT2D eigenvalue weighted by Crippen LogP contribution is -2.34. The summed E-state index contributed by atoms with van der Waals surface area (Å²) in [6, 6.07) is 5.71. The molecule has 0 atom stereocenters. The molecule has 0 bridgehead atoms. The summed E-state index contributed by atoms with van der Waals surface area (Å²) in [6.45, 7) is 2.36. The molecule has 3 aromatic rings. The average Bonchev–Trinajstić information content (AvgIpc) is 3.27. The van der Waals surface area contributed by atoms with Crippen LogP contribution in [0.2, 0.25) is 0 Å². The Morgan fingerprint density at radius 3 is 2.96 bits per heavy atom. The van der Waals surface area contributed by atoms with Crippen molar-refractivity contribution < 1.29 is 9.90 Å². The van der Waals surface area contributed by atoms with Crippen molar-refractivity contribution in [2.24, 2.45) is 7.05 Å². The SMILES string of the molecule is Cc1ncc(CN(CCO)C(=O)c2cc(-c3cccs3)nn2C)[nH]1. The minimum Gasteiger partial charge on any atom is -0.395 e. The Kier molecular flexibility index (Phi) is 4.77. The van der Waals surface area contributed by atoms with Crippen LogP contribution in [0.3, 0.4) is 0 Å². The van der Waals surface area contributed by atoms with Gasteiger partial charge in [0.1, 0.15) is 17.2 Å². The zero-order valence-electron chi connectivity index (χ0n) is 13.6. The standard InChI is InChI=1S/C16H19N5O2S/c1-11-17-9-12(18-11)10-21(5-6-22)16(23)14-8-13(19-20(14)2)15-4-3-7-24-15/h3-4,7-9,22H,5-6,10H2,1-2H3,(H,17,18). The molecule has 2 N–H and O–H groups in total. The Morgan fingerprint density at radius 2 is 2.33 bits per heavy atom. The number of imidazole rings is 1. The highest BCUT2D eigenvalue weighted by atomic mass is 32.1. The fraction of sp³-hybridized carbons (Fsp3) is 0.312. The second-order valence-corrected chi connectivity index (χ2v) is 6.41. The molecular weight excluding hydrogens is 326 g/mol. The van der Waals surface area contributed by atoms with E-state index in [0.717, 1.165) is 22.1 Å². The third-order valence-corrected chi connectivity index (χ3v) is 4.54. The van der Waals surface area contributed by atoms with Gasteiger partial charge >= 0.3 is 0 Å². The second kappa shape index (κ2) is 6.98. The van der Waals surface area contributed by atoms with Crippen LogP contribution in [-0.2, 0) is 13.6 Å². The molecule has 8 heteroatoms.